The predicted molar refractivity (Wildman–Crippen MR) is 75.9 cm³/mol. The number of hydrogen-bond donors (Lipinski definition) is 2. The fourth-order valence-electron chi connectivity index (χ4n) is 3.46. The highest BCUT2D eigenvalue weighted by molar-refractivity contribution is 5.84. The summed E-state index contributed by atoms with van der Waals surface area (Å²) in [6.45, 7) is 11.2. The number of methoxy groups -OCH3 is 1. The van der Waals surface area contributed by atoms with Gasteiger partial charge < -0.3 is 15.4 Å². The molecule has 0 aromatic rings. The molecule has 0 spiro atoms. The van der Waals surface area contributed by atoms with Gasteiger partial charge in [-0.15, -0.1) is 0 Å². The minimum absolute atomic E-state index is 0.180. The molecule has 1 saturated heterocycles. The third kappa shape index (κ3) is 2.29. The minimum Gasteiger partial charge on any atom is -0.384 e. The molecule has 0 atom stereocenters. The van der Waals surface area contributed by atoms with Crippen molar-refractivity contribution in [2.24, 2.45) is 16.2 Å². The lowest BCUT2D eigenvalue weighted by Crippen LogP contribution is -2.51. The van der Waals surface area contributed by atoms with Crippen molar-refractivity contribution in [3.8, 4) is 0 Å². The summed E-state index contributed by atoms with van der Waals surface area (Å²) in [5, 5.41) is 6.60. The van der Waals surface area contributed by atoms with Crippen molar-refractivity contribution in [3.05, 3.63) is 0 Å². The molecule has 110 valence electrons. The van der Waals surface area contributed by atoms with Crippen molar-refractivity contribution >= 4 is 5.91 Å². The van der Waals surface area contributed by atoms with E-state index in [2.05, 4.69) is 38.3 Å². The second-order valence-corrected chi connectivity index (χ2v) is 7.31. The third-order valence-electron chi connectivity index (χ3n) is 5.76. The summed E-state index contributed by atoms with van der Waals surface area (Å²) in [5.74, 6) is 0.180. The number of piperidine rings is 1. The zero-order valence-corrected chi connectivity index (χ0v) is 12.9. The van der Waals surface area contributed by atoms with E-state index in [9.17, 15) is 4.79 Å². The van der Waals surface area contributed by atoms with Crippen molar-refractivity contribution in [2.45, 2.75) is 46.6 Å². The lowest BCUT2D eigenvalue weighted by molar-refractivity contribution is -0.136. The van der Waals surface area contributed by atoms with Crippen LogP contribution < -0.4 is 10.6 Å². The van der Waals surface area contributed by atoms with Gasteiger partial charge in [-0.1, -0.05) is 27.7 Å². The van der Waals surface area contributed by atoms with Gasteiger partial charge in [0, 0.05) is 13.2 Å². The first kappa shape index (κ1) is 14.8. The van der Waals surface area contributed by atoms with E-state index >= 15 is 0 Å². The third-order valence-corrected chi connectivity index (χ3v) is 5.76. The van der Waals surface area contributed by atoms with E-state index in [-0.39, 0.29) is 28.2 Å². The van der Waals surface area contributed by atoms with Gasteiger partial charge in [0.2, 0.25) is 5.91 Å². The molecule has 1 aliphatic heterocycles. The number of carbonyl (C=O) groups excluding carboxylic acids is 1. The monoisotopic (exact) mass is 268 g/mol. The highest BCUT2D eigenvalue weighted by Gasteiger charge is 2.66. The fourth-order valence-corrected chi connectivity index (χ4v) is 3.46. The standard InChI is InChI=1S/C15H28N2O2/c1-13(2)11(14(13,3)4)17-12(18)15(10-19-5)6-8-16-9-7-15/h11,16H,6-10H2,1-5H3,(H,17,18). The van der Waals surface area contributed by atoms with Gasteiger partial charge >= 0.3 is 0 Å². The van der Waals surface area contributed by atoms with Crippen LogP contribution in [0.5, 0.6) is 0 Å². The Labute approximate surface area is 116 Å². The van der Waals surface area contributed by atoms with Crippen LogP contribution in [0.2, 0.25) is 0 Å². The molecule has 1 aliphatic carbocycles. The van der Waals surface area contributed by atoms with E-state index in [0.717, 1.165) is 25.9 Å². The molecule has 0 aromatic heterocycles. The number of carbonyl (C=O) groups is 1. The van der Waals surface area contributed by atoms with Gasteiger partial charge in [-0.2, -0.15) is 0 Å². The van der Waals surface area contributed by atoms with Gasteiger partial charge in [0.1, 0.15) is 0 Å². The average molecular weight is 268 g/mol. The summed E-state index contributed by atoms with van der Waals surface area (Å²) < 4.78 is 5.32. The molecule has 2 fully saturated rings. The van der Waals surface area contributed by atoms with Crippen LogP contribution >= 0.6 is 0 Å². The molecule has 1 amide bonds. The van der Waals surface area contributed by atoms with Gasteiger partial charge in [0.25, 0.3) is 0 Å². The molecule has 2 N–H and O–H groups in total. The number of rotatable bonds is 4. The molecule has 0 bridgehead atoms. The Hall–Kier alpha value is -0.610. The highest BCUT2D eigenvalue weighted by atomic mass is 16.5. The zero-order valence-electron chi connectivity index (χ0n) is 12.9. The van der Waals surface area contributed by atoms with Crippen molar-refractivity contribution < 1.29 is 9.53 Å². The Bertz CT molecular complexity index is 338. The normalized spacial score (nSPS) is 27.8. The molecule has 0 radical (unpaired) electrons. The summed E-state index contributed by atoms with van der Waals surface area (Å²) in [6.07, 6.45) is 1.72. The Morgan fingerprint density at radius 1 is 1.21 bits per heavy atom. The number of hydrogen-bond acceptors (Lipinski definition) is 3. The lowest BCUT2D eigenvalue weighted by Gasteiger charge is -2.35. The molecule has 0 unspecified atom stereocenters. The van der Waals surface area contributed by atoms with Crippen LogP contribution in [0.4, 0.5) is 0 Å². The first-order valence-electron chi connectivity index (χ1n) is 7.28. The molecular weight excluding hydrogens is 240 g/mol. The first-order chi connectivity index (χ1) is 8.78. The van der Waals surface area contributed by atoms with Gasteiger partial charge in [0.15, 0.2) is 0 Å². The van der Waals surface area contributed by atoms with Crippen LogP contribution in [0, 0.1) is 16.2 Å². The van der Waals surface area contributed by atoms with E-state index in [4.69, 9.17) is 4.74 Å². The quantitative estimate of drug-likeness (QED) is 0.813. The molecule has 4 nitrogen and oxygen atoms in total. The first-order valence-corrected chi connectivity index (χ1v) is 7.28. The van der Waals surface area contributed by atoms with E-state index < -0.39 is 0 Å². The summed E-state index contributed by atoms with van der Waals surface area (Å²) in [7, 11) is 1.68. The van der Waals surface area contributed by atoms with Gasteiger partial charge in [-0.25, -0.2) is 0 Å². The van der Waals surface area contributed by atoms with E-state index in [1.54, 1.807) is 7.11 Å². The van der Waals surface area contributed by atoms with Crippen LogP contribution in [0.15, 0.2) is 0 Å². The smallest absolute Gasteiger partial charge is 0.228 e. The highest BCUT2D eigenvalue weighted by Crippen LogP contribution is 2.62. The summed E-state index contributed by atoms with van der Waals surface area (Å²) in [4.78, 5) is 12.7. The average Bonchev–Trinajstić information content (AvgIpc) is 2.73. The number of ether oxygens (including phenoxy) is 1. The van der Waals surface area contributed by atoms with Gasteiger partial charge in [0.05, 0.1) is 12.0 Å². The zero-order chi connectivity index (χ0) is 14.3. The van der Waals surface area contributed by atoms with Crippen LogP contribution in [0.1, 0.15) is 40.5 Å². The van der Waals surface area contributed by atoms with Crippen molar-refractivity contribution in [3.63, 3.8) is 0 Å². The topological polar surface area (TPSA) is 50.4 Å². The summed E-state index contributed by atoms with van der Waals surface area (Å²) in [6, 6.07) is 0.274. The molecule has 2 aliphatic rings. The molecular formula is C15H28N2O2. The second-order valence-electron chi connectivity index (χ2n) is 7.31. The molecule has 1 saturated carbocycles. The van der Waals surface area contributed by atoms with Gasteiger partial charge in [-0.3, -0.25) is 4.79 Å². The molecule has 19 heavy (non-hydrogen) atoms. The molecule has 4 heteroatoms. The van der Waals surface area contributed by atoms with E-state index in [1.165, 1.54) is 0 Å². The fraction of sp³-hybridized carbons (Fsp3) is 0.933. The molecule has 0 aromatic carbocycles. The SMILES string of the molecule is COCC1(C(=O)NC2C(C)(C)C2(C)C)CCNCC1. The largest absolute Gasteiger partial charge is 0.384 e. The Morgan fingerprint density at radius 2 is 1.74 bits per heavy atom. The van der Waals surface area contributed by atoms with Crippen LogP contribution in [-0.4, -0.2) is 38.8 Å². The molecule has 2 rings (SSSR count). The Kier molecular flexibility index (Phi) is 3.69. The minimum atomic E-state index is -0.339. The maximum absolute atomic E-state index is 12.7. The van der Waals surface area contributed by atoms with E-state index in [1.807, 2.05) is 0 Å². The molecule has 1 heterocycles. The second kappa shape index (κ2) is 4.74. The van der Waals surface area contributed by atoms with Crippen LogP contribution in [0.25, 0.3) is 0 Å². The number of nitrogens with one attached hydrogen (secondary N) is 2. The summed E-state index contributed by atoms with van der Waals surface area (Å²) >= 11 is 0. The van der Waals surface area contributed by atoms with E-state index in [0.29, 0.717) is 6.61 Å². The van der Waals surface area contributed by atoms with Crippen LogP contribution in [-0.2, 0) is 9.53 Å². The number of amides is 1. The van der Waals surface area contributed by atoms with Crippen LogP contribution in [0.3, 0.4) is 0 Å². The van der Waals surface area contributed by atoms with Crippen molar-refractivity contribution in [2.75, 3.05) is 26.8 Å². The lowest BCUT2D eigenvalue weighted by atomic mass is 9.78. The maximum Gasteiger partial charge on any atom is 0.228 e. The van der Waals surface area contributed by atoms with Gasteiger partial charge in [-0.05, 0) is 36.8 Å². The van der Waals surface area contributed by atoms with Crippen molar-refractivity contribution in [1.82, 2.24) is 10.6 Å². The summed E-state index contributed by atoms with van der Waals surface area (Å²) in [5.41, 5.74) is 0.0302. The van der Waals surface area contributed by atoms with Crippen molar-refractivity contribution in [1.29, 1.82) is 0 Å². The maximum atomic E-state index is 12.7. The Balaban J connectivity index is 2.05. The Morgan fingerprint density at radius 3 is 2.16 bits per heavy atom. The predicted octanol–water partition coefficient (Wildman–Crippen LogP) is 1.55.